The van der Waals surface area contributed by atoms with Crippen LogP contribution in [-0.4, -0.2) is 11.1 Å². The Morgan fingerprint density at radius 3 is 2.30 bits per heavy atom. The maximum atomic E-state index is 11.8. The minimum absolute atomic E-state index is 0.00408. The molecule has 4 heteroatoms. The van der Waals surface area contributed by atoms with Gasteiger partial charge in [0.05, 0.1) is 16.1 Å². The van der Waals surface area contributed by atoms with Gasteiger partial charge in [-0.1, -0.05) is 45.4 Å². The zero-order valence-corrected chi connectivity index (χ0v) is 13.6. The van der Waals surface area contributed by atoms with E-state index in [1.807, 2.05) is 13.0 Å². The second-order valence-corrected chi connectivity index (χ2v) is 7.25. The summed E-state index contributed by atoms with van der Waals surface area (Å²) in [6.45, 7) is 9.99. The van der Waals surface area contributed by atoms with Crippen LogP contribution in [0.4, 0.5) is 5.69 Å². The molecule has 1 aromatic carbocycles. The first-order chi connectivity index (χ1) is 8.98. The van der Waals surface area contributed by atoms with Crippen LogP contribution in [0, 0.1) is 16.7 Å². The third-order valence-corrected chi connectivity index (χ3v) is 4.72. The average Bonchev–Trinajstić information content (AvgIpc) is 2.31. The molecule has 0 aliphatic heterocycles. The smallest absolute Gasteiger partial charge is 0.309 e. The van der Waals surface area contributed by atoms with Crippen molar-refractivity contribution in [1.82, 2.24) is 0 Å². The highest BCUT2D eigenvalue weighted by atomic mass is 35.5. The summed E-state index contributed by atoms with van der Waals surface area (Å²) < 4.78 is 0. The van der Waals surface area contributed by atoms with E-state index in [1.165, 1.54) is 0 Å². The number of rotatable bonds is 4. The Morgan fingerprint density at radius 1 is 1.35 bits per heavy atom. The molecule has 0 fully saturated rings. The number of carboxylic acid groups (broad SMARTS) is 1. The molecule has 0 radical (unpaired) electrons. The van der Waals surface area contributed by atoms with Gasteiger partial charge in [0, 0.05) is 0 Å². The zero-order valence-electron chi connectivity index (χ0n) is 12.8. The first-order valence-electron chi connectivity index (χ1n) is 6.76. The Morgan fingerprint density at radius 2 is 1.90 bits per heavy atom. The fourth-order valence-corrected chi connectivity index (χ4v) is 2.61. The molecule has 0 bridgehead atoms. The van der Waals surface area contributed by atoms with Gasteiger partial charge in [0.15, 0.2) is 0 Å². The molecule has 0 saturated heterocycles. The van der Waals surface area contributed by atoms with Crippen LogP contribution in [0.25, 0.3) is 0 Å². The van der Waals surface area contributed by atoms with Crippen molar-refractivity contribution in [2.45, 2.75) is 41.0 Å². The summed E-state index contributed by atoms with van der Waals surface area (Å²) in [6.07, 6.45) is 0.433. The van der Waals surface area contributed by atoms with Crippen LogP contribution >= 0.6 is 11.6 Å². The van der Waals surface area contributed by atoms with Crippen molar-refractivity contribution in [3.05, 3.63) is 28.8 Å². The van der Waals surface area contributed by atoms with Gasteiger partial charge in [0.25, 0.3) is 0 Å². The van der Waals surface area contributed by atoms with Crippen molar-refractivity contribution in [2.75, 3.05) is 5.73 Å². The van der Waals surface area contributed by atoms with Gasteiger partial charge < -0.3 is 10.8 Å². The van der Waals surface area contributed by atoms with E-state index in [0.29, 0.717) is 17.1 Å². The van der Waals surface area contributed by atoms with Crippen LogP contribution in [-0.2, 0) is 11.2 Å². The molecule has 112 valence electrons. The van der Waals surface area contributed by atoms with E-state index in [4.69, 9.17) is 17.3 Å². The average molecular weight is 298 g/mol. The van der Waals surface area contributed by atoms with Gasteiger partial charge in [0.1, 0.15) is 0 Å². The molecule has 0 saturated carbocycles. The van der Waals surface area contributed by atoms with Crippen LogP contribution in [0.1, 0.15) is 40.2 Å². The molecule has 3 nitrogen and oxygen atoms in total. The molecule has 20 heavy (non-hydrogen) atoms. The van der Waals surface area contributed by atoms with E-state index in [-0.39, 0.29) is 11.3 Å². The highest BCUT2D eigenvalue weighted by Gasteiger charge is 2.44. The number of hydrogen-bond acceptors (Lipinski definition) is 2. The van der Waals surface area contributed by atoms with E-state index < -0.39 is 11.4 Å². The highest BCUT2D eigenvalue weighted by molar-refractivity contribution is 6.33. The number of halogens is 1. The van der Waals surface area contributed by atoms with Gasteiger partial charge in [-0.25, -0.2) is 0 Å². The first-order valence-corrected chi connectivity index (χ1v) is 7.13. The molecular weight excluding hydrogens is 274 g/mol. The standard InChI is InChI=1S/C16H24ClNO2/c1-10(15(2,3)4)16(5,14(19)20)9-11-6-7-12(17)13(18)8-11/h6-8,10H,9,18H2,1-5H3,(H,19,20). The van der Waals surface area contributed by atoms with Crippen LogP contribution in [0.2, 0.25) is 5.02 Å². The minimum Gasteiger partial charge on any atom is -0.481 e. The van der Waals surface area contributed by atoms with Gasteiger partial charge >= 0.3 is 5.97 Å². The number of nitrogens with two attached hydrogens (primary N) is 1. The molecule has 0 aromatic heterocycles. The quantitative estimate of drug-likeness (QED) is 0.817. The number of benzene rings is 1. The van der Waals surface area contributed by atoms with E-state index in [9.17, 15) is 9.90 Å². The fourth-order valence-electron chi connectivity index (χ4n) is 2.50. The monoisotopic (exact) mass is 297 g/mol. The molecule has 0 aliphatic rings. The Kier molecular flexibility index (Phi) is 4.75. The second-order valence-electron chi connectivity index (χ2n) is 6.84. The molecule has 0 spiro atoms. The lowest BCUT2D eigenvalue weighted by Crippen LogP contribution is -2.42. The number of aliphatic carboxylic acids is 1. The van der Waals surface area contributed by atoms with Crippen molar-refractivity contribution >= 4 is 23.3 Å². The van der Waals surface area contributed by atoms with Gasteiger partial charge in [0.2, 0.25) is 0 Å². The van der Waals surface area contributed by atoms with Crippen molar-refractivity contribution in [2.24, 2.45) is 16.7 Å². The van der Waals surface area contributed by atoms with Crippen LogP contribution < -0.4 is 5.73 Å². The number of hydrogen-bond donors (Lipinski definition) is 2. The van der Waals surface area contributed by atoms with Gasteiger partial charge in [-0.15, -0.1) is 0 Å². The lowest BCUT2D eigenvalue weighted by Gasteiger charge is -2.40. The lowest BCUT2D eigenvalue weighted by atomic mass is 9.63. The van der Waals surface area contributed by atoms with E-state index in [2.05, 4.69) is 20.8 Å². The normalized spacial score (nSPS) is 16.5. The number of carbonyl (C=O) groups is 1. The number of anilines is 1. The summed E-state index contributed by atoms with van der Waals surface area (Å²) >= 11 is 5.91. The minimum atomic E-state index is -0.849. The first kappa shape index (κ1) is 16.8. The van der Waals surface area contributed by atoms with Gasteiger partial charge in [-0.05, 0) is 42.4 Å². The van der Waals surface area contributed by atoms with Crippen LogP contribution in [0.15, 0.2) is 18.2 Å². The Bertz CT molecular complexity index is 508. The molecule has 3 N–H and O–H groups in total. The summed E-state index contributed by atoms with van der Waals surface area (Å²) in [4.78, 5) is 11.8. The maximum absolute atomic E-state index is 11.8. The molecule has 2 atom stereocenters. The Hall–Kier alpha value is -1.22. The summed E-state index contributed by atoms with van der Waals surface area (Å²) in [5.74, 6) is -0.780. The second kappa shape index (κ2) is 5.65. The third-order valence-electron chi connectivity index (χ3n) is 4.38. The summed E-state index contributed by atoms with van der Waals surface area (Å²) in [7, 11) is 0. The summed E-state index contributed by atoms with van der Waals surface area (Å²) in [5, 5.41) is 10.2. The SMILES string of the molecule is CC(C(C)(C)C)C(C)(Cc1ccc(Cl)c(N)c1)C(=O)O. The van der Waals surface area contributed by atoms with Crippen molar-refractivity contribution in [1.29, 1.82) is 0 Å². The van der Waals surface area contributed by atoms with E-state index in [0.717, 1.165) is 5.56 Å². The predicted molar refractivity (Wildman–Crippen MR) is 83.9 cm³/mol. The molecular formula is C16H24ClNO2. The van der Waals surface area contributed by atoms with Gasteiger partial charge in [-0.2, -0.15) is 0 Å². The summed E-state index contributed by atoms with van der Waals surface area (Å²) in [6, 6.07) is 5.32. The van der Waals surface area contributed by atoms with Crippen molar-refractivity contribution in [3.8, 4) is 0 Å². The van der Waals surface area contributed by atoms with E-state index >= 15 is 0 Å². The number of carboxylic acids is 1. The van der Waals surface area contributed by atoms with Crippen LogP contribution in [0.3, 0.4) is 0 Å². The summed E-state index contributed by atoms with van der Waals surface area (Å²) in [5.41, 5.74) is 6.24. The molecule has 0 amide bonds. The van der Waals surface area contributed by atoms with E-state index in [1.54, 1.807) is 19.1 Å². The predicted octanol–water partition coefficient (Wildman–Crippen LogP) is 4.24. The lowest BCUT2D eigenvalue weighted by molar-refractivity contribution is -0.153. The molecule has 1 aromatic rings. The van der Waals surface area contributed by atoms with Crippen molar-refractivity contribution in [3.63, 3.8) is 0 Å². The molecule has 1 rings (SSSR count). The third kappa shape index (κ3) is 3.45. The molecule has 0 aliphatic carbocycles. The van der Waals surface area contributed by atoms with Crippen LogP contribution in [0.5, 0.6) is 0 Å². The Balaban J connectivity index is 3.15. The Labute approximate surface area is 126 Å². The largest absolute Gasteiger partial charge is 0.481 e. The topological polar surface area (TPSA) is 63.3 Å². The molecule has 2 unspecified atom stereocenters. The highest BCUT2D eigenvalue weighted by Crippen LogP contribution is 2.42. The zero-order chi connectivity index (χ0) is 15.7. The van der Waals surface area contributed by atoms with Gasteiger partial charge in [-0.3, -0.25) is 4.79 Å². The van der Waals surface area contributed by atoms with Crippen molar-refractivity contribution < 1.29 is 9.90 Å². The number of nitrogen functional groups attached to an aromatic ring is 1. The maximum Gasteiger partial charge on any atom is 0.309 e. The fraction of sp³-hybridized carbons (Fsp3) is 0.562. The molecule has 0 heterocycles.